The normalized spacial score (nSPS) is 18.2. The lowest BCUT2D eigenvalue weighted by Crippen LogP contribution is -2.35. The molecule has 3 nitrogen and oxygen atoms in total. The van der Waals surface area contributed by atoms with E-state index in [-0.39, 0.29) is 11.9 Å². The van der Waals surface area contributed by atoms with Gasteiger partial charge in [0.2, 0.25) is 0 Å². The summed E-state index contributed by atoms with van der Waals surface area (Å²) >= 11 is 7.59. The molecule has 122 valence electrons. The van der Waals surface area contributed by atoms with Crippen LogP contribution in [0.25, 0.3) is 6.08 Å². The number of rotatable bonds is 3. The Morgan fingerprint density at radius 1 is 1.08 bits per heavy atom. The topological polar surface area (TPSA) is 32.7 Å². The van der Waals surface area contributed by atoms with Crippen LogP contribution in [0.15, 0.2) is 64.5 Å². The van der Waals surface area contributed by atoms with Gasteiger partial charge in [0.25, 0.3) is 5.91 Å². The summed E-state index contributed by atoms with van der Waals surface area (Å²) in [6.07, 6.45) is 1.83. The first-order valence-corrected chi connectivity index (χ1v) is 8.87. The molecule has 0 radical (unpaired) electrons. The molecule has 0 spiro atoms. The fraction of sp³-hybridized carbons (Fsp3) is 0.158. The van der Waals surface area contributed by atoms with E-state index in [0.29, 0.717) is 15.1 Å². The number of hydrogen-bond donors (Lipinski definition) is 0. The molecule has 0 unspecified atom stereocenters. The average Bonchev–Trinajstić information content (AvgIpc) is 2.86. The fourth-order valence-electron chi connectivity index (χ4n) is 2.37. The van der Waals surface area contributed by atoms with Crippen molar-refractivity contribution < 1.29 is 4.79 Å². The van der Waals surface area contributed by atoms with Gasteiger partial charge < -0.3 is 0 Å². The van der Waals surface area contributed by atoms with E-state index in [4.69, 9.17) is 11.6 Å². The van der Waals surface area contributed by atoms with Gasteiger partial charge in [-0.2, -0.15) is 0 Å². The summed E-state index contributed by atoms with van der Waals surface area (Å²) in [6.45, 7) is 3.97. The number of nitrogens with zero attached hydrogens (tertiary/aromatic N) is 2. The monoisotopic (exact) mass is 356 g/mol. The van der Waals surface area contributed by atoms with Crippen LogP contribution in [0.3, 0.4) is 0 Å². The molecule has 0 bridgehead atoms. The largest absolute Gasteiger partial charge is 0.284 e. The van der Waals surface area contributed by atoms with Crippen LogP contribution >= 0.6 is 23.4 Å². The van der Waals surface area contributed by atoms with E-state index in [0.717, 1.165) is 11.3 Å². The second-order valence-corrected chi connectivity index (χ2v) is 7.05. The Hall–Kier alpha value is -2.04. The maximum Gasteiger partial charge on any atom is 0.266 e. The van der Waals surface area contributed by atoms with Crippen molar-refractivity contribution >= 4 is 46.2 Å². The van der Waals surface area contributed by atoms with E-state index in [1.807, 2.05) is 74.5 Å². The van der Waals surface area contributed by atoms with Crippen molar-refractivity contribution in [3.63, 3.8) is 0 Å². The molecule has 24 heavy (non-hydrogen) atoms. The number of aliphatic imine (C=N–C) groups is 1. The maximum atomic E-state index is 12.8. The first-order chi connectivity index (χ1) is 11.6. The number of thioether (sulfide) groups is 1. The molecule has 1 fully saturated rings. The first-order valence-electron chi connectivity index (χ1n) is 7.67. The zero-order valence-corrected chi connectivity index (χ0v) is 15.0. The molecule has 0 N–H and O–H groups in total. The van der Waals surface area contributed by atoms with E-state index in [1.165, 1.54) is 11.8 Å². The number of carbonyl (C=O) groups is 1. The first kappa shape index (κ1) is 16.8. The zero-order valence-electron chi connectivity index (χ0n) is 13.4. The predicted octanol–water partition coefficient (Wildman–Crippen LogP) is 5.35. The van der Waals surface area contributed by atoms with Crippen molar-refractivity contribution in [2.24, 2.45) is 4.99 Å². The van der Waals surface area contributed by atoms with Gasteiger partial charge in [-0.3, -0.25) is 9.69 Å². The Morgan fingerprint density at radius 3 is 2.42 bits per heavy atom. The highest BCUT2D eigenvalue weighted by molar-refractivity contribution is 8.18. The van der Waals surface area contributed by atoms with Gasteiger partial charge in [-0.25, -0.2) is 4.99 Å². The second kappa shape index (κ2) is 7.24. The SMILES string of the molecule is CC(C)N1C(=O)/C(=C\c2ccccc2Cl)SC1=Nc1ccccc1. The van der Waals surface area contributed by atoms with Crippen molar-refractivity contribution in [2.75, 3.05) is 0 Å². The molecule has 1 aliphatic heterocycles. The van der Waals surface area contributed by atoms with E-state index < -0.39 is 0 Å². The van der Waals surface area contributed by atoms with Gasteiger partial charge in [0.15, 0.2) is 5.17 Å². The average molecular weight is 357 g/mol. The highest BCUT2D eigenvalue weighted by Gasteiger charge is 2.35. The quantitative estimate of drug-likeness (QED) is 0.694. The molecular weight excluding hydrogens is 340 g/mol. The van der Waals surface area contributed by atoms with Crippen molar-refractivity contribution in [1.29, 1.82) is 0 Å². The molecule has 1 saturated heterocycles. The fourth-order valence-corrected chi connectivity index (χ4v) is 3.67. The van der Waals surface area contributed by atoms with Gasteiger partial charge in [0.1, 0.15) is 0 Å². The van der Waals surface area contributed by atoms with Gasteiger partial charge in [-0.1, -0.05) is 48.0 Å². The molecule has 0 atom stereocenters. The number of amidine groups is 1. The van der Waals surface area contributed by atoms with Gasteiger partial charge in [-0.05, 0) is 55.4 Å². The number of hydrogen-bond acceptors (Lipinski definition) is 3. The third-order valence-electron chi connectivity index (χ3n) is 3.53. The number of benzene rings is 2. The Kier molecular flexibility index (Phi) is 5.07. The van der Waals surface area contributed by atoms with Gasteiger partial charge in [-0.15, -0.1) is 0 Å². The third kappa shape index (κ3) is 3.55. The second-order valence-electron chi connectivity index (χ2n) is 5.63. The maximum absolute atomic E-state index is 12.8. The van der Waals surface area contributed by atoms with Gasteiger partial charge in [0.05, 0.1) is 10.6 Å². The molecular formula is C19H17ClN2OS. The van der Waals surface area contributed by atoms with E-state index in [2.05, 4.69) is 4.99 Å². The standard InChI is InChI=1S/C19H17ClN2OS/c1-13(2)22-18(23)17(12-14-8-6-7-11-16(14)20)24-19(22)21-15-9-4-3-5-10-15/h3-13H,1-2H3/b17-12+,21-19?. The number of halogens is 1. The molecule has 3 rings (SSSR count). The van der Waals surface area contributed by atoms with Crippen LogP contribution in [0, 0.1) is 0 Å². The number of amides is 1. The van der Waals surface area contributed by atoms with E-state index in [9.17, 15) is 4.79 Å². The molecule has 1 aliphatic rings. The Balaban J connectivity index is 1.99. The van der Waals surface area contributed by atoms with Gasteiger partial charge in [0, 0.05) is 11.1 Å². The highest BCUT2D eigenvalue weighted by Crippen LogP contribution is 2.36. The molecule has 2 aromatic carbocycles. The van der Waals surface area contributed by atoms with Crippen molar-refractivity contribution in [3.05, 3.63) is 70.1 Å². The molecule has 5 heteroatoms. The predicted molar refractivity (Wildman–Crippen MR) is 103 cm³/mol. The zero-order chi connectivity index (χ0) is 17.1. The molecule has 1 amide bonds. The summed E-state index contributed by atoms with van der Waals surface area (Å²) < 4.78 is 0. The molecule has 0 aromatic heterocycles. The van der Waals surface area contributed by atoms with E-state index >= 15 is 0 Å². The van der Waals surface area contributed by atoms with Crippen LogP contribution < -0.4 is 0 Å². The lowest BCUT2D eigenvalue weighted by molar-refractivity contribution is -0.123. The Labute approximate surface area is 151 Å². The van der Waals surface area contributed by atoms with Crippen LogP contribution in [-0.4, -0.2) is 22.0 Å². The summed E-state index contributed by atoms with van der Waals surface area (Å²) in [6, 6.07) is 17.2. The summed E-state index contributed by atoms with van der Waals surface area (Å²) in [4.78, 5) is 19.8. The number of para-hydroxylation sites is 1. The van der Waals surface area contributed by atoms with Crippen LogP contribution in [0.5, 0.6) is 0 Å². The molecule has 0 saturated carbocycles. The number of carbonyl (C=O) groups excluding carboxylic acids is 1. The Bertz CT molecular complexity index is 815. The van der Waals surface area contributed by atoms with Crippen molar-refractivity contribution in [1.82, 2.24) is 4.90 Å². The summed E-state index contributed by atoms with van der Waals surface area (Å²) in [5.74, 6) is -0.0374. The highest BCUT2D eigenvalue weighted by atomic mass is 35.5. The lowest BCUT2D eigenvalue weighted by atomic mass is 10.2. The summed E-state index contributed by atoms with van der Waals surface area (Å²) in [5.41, 5.74) is 1.66. The molecule has 2 aromatic rings. The molecule has 1 heterocycles. The van der Waals surface area contributed by atoms with Crippen molar-refractivity contribution in [2.45, 2.75) is 19.9 Å². The minimum absolute atomic E-state index is 0.0320. The minimum Gasteiger partial charge on any atom is -0.284 e. The van der Waals surface area contributed by atoms with Gasteiger partial charge >= 0.3 is 0 Å². The smallest absolute Gasteiger partial charge is 0.266 e. The van der Waals surface area contributed by atoms with Crippen LogP contribution in [0.1, 0.15) is 19.4 Å². The van der Waals surface area contributed by atoms with Crippen molar-refractivity contribution in [3.8, 4) is 0 Å². The molecule has 0 aliphatic carbocycles. The van der Waals surface area contributed by atoms with Crippen LogP contribution in [-0.2, 0) is 4.79 Å². The lowest BCUT2D eigenvalue weighted by Gasteiger charge is -2.19. The van der Waals surface area contributed by atoms with Crippen LogP contribution in [0.2, 0.25) is 5.02 Å². The minimum atomic E-state index is -0.0374. The summed E-state index contributed by atoms with van der Waals surface area (Å²) in [7, 11) is 0. The van der Waals surface area contributed by atoms with E-state index in [1.54, 1.807) is 4.90 Å². The third-order valence-corrected chi connectivity index (χ3v) is 4.85. The Morgan fingerprint density at radius 2 is 1.75 bits per heavy atom. The summed E-state index contributed by atoms with van der Waals surface area (Å²) in [5, 5.41) is 1.32. The van der Waals surface area contributed by atoms with Crippen LogP contribution in [0.4, 0.5) is 5.69 Å².